The Kier molecular flexibility index (Phi) is 5.57. The number of rotatable bonds is 6. The van der Waals surface area contributed by atoms with Crippen molar-refractivity contribution in [2.45, 2.75) is 13.3 Å². The van der Waals surface area contributed by atoms with E-state index >= 15 is 0 Å². The lowest BCUT2D eigenvalue weighted by Gasteiger charge is -2.11. The molecule has 0 fully saturated rings. The average molecular weight is 398 g/mol. The van der Waals surface area contributed by atoms with E-state index < -0.39 is 0 Å². The van der Waals surface area contributed by atoms with E-state index in [0.29, 0.717) is 23.1 Å². The minimum Gasteiger partial charge on any atom is -0.439 e. The number of hydrogen-bond donors (Lipinski definition) is 2. The van der Waals surface area contributed by atoms with Crippen LogP contribution < -0.4 is 15.4 Å². The third-order valence-corrected chi connectivity index (χ3v) is 4.77. The van der Waals surface area contributed by atoms with Gasteiger partial charge in [-0.25, -0.2) is 4.98 Å². The SMILES string of the molecule is CCc1cccc(NC(=O)c2cccc3cc(Oc4ccnc(NC)n4)ccc23)c1. The number of aromatic nitrogens is 2. The van der Waals surface area contributed by atoms with Crippen LogP contribution in [-0.4, -0.2) is 22.9 Å². The largest absolute Gasteiger partial charge is 0.439 e. The Labute approximate surface area is 175 Å². The van der Waals surface area contributed by atoms with Crippen molar-refractivity contribution in [3.05, 3.63) is 84.1 Å². The molecule has 4 rings (SSSR count). The molecule has 4 aromatic rings. The van der Waals surface area contributed by atoms with E-state index in [2.05, 4.69) is 27.5 Å². The van der Waals surface area contributed by atoms with Crippen LogP contribution in [0.4, 0.5) is 11.6 Å². The smallest absolute Gasteiger partial charge is 0.256 e. The maximum Gasteiger partial charge on any atom is 0.256 e. The van der Waals surface area contributed by atoms with Crippen LogP contribution in [0.25, 0.3) is 10.8 Å². The molecule has 0 aliphatic heterocycles. The fraction of sp³-hybridized carbons (Fsp3) is 0.125. The number of amides is 1. The summed E-state index contributed by atoms with van der Waals surface area (Å²) in [4.78, 5) is 21.3. The summed E-state index contributed by atoms with van der Waals surface area (Å²) in [6, 6.07) is 20.9. The number of anilines is 2. The number of carbonyl (C=O) groups excluding carboxylic acids is 1. The standard InChI is InChI=1S/C24H22N4O2/c1-3-16-6-4-8-18(14-16)27-23(29)21-9-5-7-17-15-19(10-11-20(17)21)30-22-12-13-26-24(25-2)28-22/h4-15H,3H2,1-2H3,(H,27,29)(H,25,26,28). The molecule has 0 radical (unpaired) electrons. The number of carbonyl (C=O) groups is 1. The van der Waals surface area contributed by atoms with E-state index in [1.54, 1.807) is 19.3 Å². The molecule has 150 valence electrons. The molecular formula is C24H22N4O2. The minimum absolute atomic E-state index is 0.142. The highest BCUT2D eigenvalue weighted by Gasteiger charge is 2.12. The predicted molar refractivity (Wildman–Crippen MR) is 119 cm³/mol. The van der Waals surface area contributed by atoms with Gasteiger partial charge in [0, 0.05) is 30.6 Å². The molecule has 2 N–H and O–H groups in total. The van der Waals surface area contributed by atoms with Gasteiger partial charge in [0.2, 0.25) is 11.8 Å². The van der Waals surface area contributed by atoms with Gasteiger partial charge in [-0.2, -0.15) is 4.98 Å². The van der Waals surface area contributed by atoms with Crippen molar-refractivity contribution in [3.8, 4) is 11.6 Å². The fourth-order valence-electron chi connectivity index (χ4n) is 3.23. The molecule has 0 atom stereocenters. The van der Waals surface area contributed by atoms with Gasteiger partial charge in [0.1, 0.15) is 5.75 Å². The minimum atomic E-state index is -0.142. The first kappa shape index (κ1) is 19.4. The Morgan fingerprint density at radius 2 is 1.90 bits per heavy atom. The molecular weight excluding hydrogens is 376 g/mol. The van der Waals surface area contributed by atoms with Gasteiger partial charge in [-0.1, -0.05) is 31.2 Å². The van der Waals surface area contributed by atoms with Gasteiger partial charge >= 0.3 is 0 Å². The van der Waals surface area contributed by atoms with Crippen molar-refractivity contribution in [1.29, 1.82) is 0 Å². The van der Waals surface area contributed by atoms with Crippen LogP contribution >= 0.6 is 0 Å². The van der Waals surface area contributed by atoms with Crippen LogP contribution in [0.2, 0.25) is 0 Å². The number of fused-ring (bicyclic) bond motifs is 1. The van der Waals surface area contributed by atoms with E-state index in [1.165, 1.54) is 5.56 Å². The summed E-state index contributed by atoms with van der Waals surface area (Å²) in [6.07, 6.45) is 2.55. The molecule has 0 unspecified atom stereocenters. The molecule has 0 aliphatic rings. The van der Waals surface area contributed by atoms with Crippen molar-refractivity contribution >= 4 is 28.3 Å². The van der Waals surface area contributed by atoms with Crippen molar-refractivity contribution < 1.29 is 9.53 Å². The van der Waals surface area contributed by atoms with Gasteiger partial charge in [0.25, 0.3) is 5.91 Å². The van der Waals surface area contributed by atoms with Gasteiger partial charge in [0.15, 0.2) is 0 Å². The van der Waals surface area contributed by atoms with Crippen molar-refractivity contribution in [3.63, 3.8) is 0 Å². The second-order valence-corrected chi connectivity index (χ2v) is 6.77. The Bertz CT molecular complexity index is 1210. The zero-order valence-electron chi connectivity index (χ0n) is 16.8. The zero-order valence-corrected chi connectivity index (χ0v) is 16.8. The highest BCUT2D eigenvalue weighted by atomic mass is 16.5. The number of aryl methyl sites for hydroxylation is 1. The Hall–Kier alpha value is -3.93. The maximum atomic E-state index is 12.9. The highest BCUT2D eigenvalue weighted by molar-refractivity contribution is 6.13. The van der Waals surface area contributed by atoms with E-state index in [9.17, 15) is 4.79 Å². The van der Waals surface area contributed by atoms with Crippen molar-refractivity contribution in [1.82, 2.24) is 9.97 Å². The number of nitrogens with zero attached hydrogens (tertiary/aromatic N) is 2. The zero-order chi connectivity index (χ0) is 20.9. The quantitative estimate of drug-likeness (QED) is 0.462. The van der Waals surface area contributed by atoms with E-state index in [1.807, 2.05) is 60.7 Å². The third kappa shape index (κ3) is 4.22. The Balaban J connectivity index is 1.59. The molecule has 0 saturated heterocycles. The predicted octanol–water partition coefficient (Wildman–Crippen LogP) is 5.28. The summed E-state index contributed by atoms with van der Waals surface area (Å²) in [5.41, 5.74) is 2.58. The van der Waals surface area contributed by atoms with E-state index in [-0.39, 0.29) is 5.91 Å². The van der Waals surface area contributed by atoms with Gasteiger partial charge < -0.3 is 15.4 Å². The summed E-state index contributed by atoms with van der Waals surface area (Å²) < 4.78 is 5.86. The first-order valence-corrected chi connectivity index (χ1v) is 9.78. The molecule has 6 nitrogen and oxygen atoms in total. The van der Waals surface area contributed by atoms with Crippen LogP contribution in [0, 0.1) is 0 Å². The second kappa shape index (κ2) is 8.61. The van der Waals surface area contributed by atoms with Crippen LogP contribution in [0.1, 0.15) is 22.8 Å². The molecule has 1 aromatic heterocycles. The van der Waals surface area contributed by atoms with Crippen LogP contribution in [0.15, 0.2) is 72.9 Å². The monoisotopic (exact) mass is 398 g/mol. The fourth-order valence-corrected chi connectivity index (χ4v) is 3.23. The van der Waals surface area contributed by atoms with E-state index in [0.717, 1.165) is 22.9 Å². The third-order valence-electron chi connectivity index (χ3n) is 4.77. The van der Waals surface area contributed by atoms with Crippen molar-refractivity contribution in [2.24, 2.45) is 0 Å². The summed E-state index contributed by atoms with van der Waals surface area (Å²) in [5, 5.41) is 7.64. The Morgan fingerprint density at radius 1 is 1.03 bits per heavy atom. The molecule has 6 heteroatoms. The normalized spacial score (nSPS) is 10.6. The lowest BCUT2D eigenvalue weighted by molar-refractivity contribution is 0.102. The van der Waals surface area contributed by atoms with Crippen LogP contribution in [0.5, 0.6) is 11.6 Å². The first-order chi connectivity index (χ1) is 14.7. The molecule has 0 aliphatic carbocycles. The molecule has 0 bridgehead atoms. The molecule has 0 saturated carbocycles. The first-order valence-electron chi connectivity index (χ1n) is 9.78. The summed E-state index contributed by atoms with van der Waals surface area (Å²) in [7, 11) is 1.75. The number of benzene rings is 3. The highest BCUT2D eigenvalue weighted by Crippen LogP contribution is 2.27. The molecule has 0 spiro atoms. The van der Waals surface area contributed by atoms with Gasteiger partial charge in [-0.15, -0.1) is 0 Å². The molecule has 3 aromatic carbocycles. The van der Waals surface area contributed by atoms with Gasteiger partial charge in [-0.3, -0.25) is 4.79 Å². The van der Waals surface area contributed by atoms with Gasteiger partial charge in [-0.05, 0) is 59.2 Å². The van der Waals surface area contributed by atoms with Gasteiger partial charge in [0.05, 0.1) is 0 Å². The molecule has 30 heavy (non-hydrogen) atoms. The van der Waals surface area contributed by atoms with Crippen LogP contribution in [-0.2, 0) is 6.42 Å². The lowest BCUT2D eigenvalue weighted by atomic mass is 10.0. The Morgan fingerprint density at radius 3 is 2.73 bits per heavy atom. The number of ether oxygens (including phenoxy) is 1. The average Bonchev–Trinajstić information content (AvgIpc) is 2.78. The van der Waals surface area contributed by atoms with E-state index in [4.69, 9.17) is 4.74 Å². The summed E-state index contributed by atoms with van der Waals surface area (Å²) in [6.45, 7) is 2.09. The second-order valence-electron chi connectivity index (χ2n) is 6.77. The van der Waals surface area contributed by atoms with Crippen molar-refractivity contribution in [2.75, 3.05) is 17.7 Å². The summed E-state index contributed by atoms with van der Waals surface area (Å²) in [5.74, 6) is 1.42. The maximum absolute atomic E-state index is 12.9. The lowest BCUT2D eigenvalue weighted by Crippen LogP contribution is -2.12. The molecule has 1 amide bonds. The summed E-state index contributed by atoms with van der Waals surface area (Å²) >= 11 is 0. The topological polar surface area (TPSA) is 76.1 Å². The number of hydrogen-bond acceptors (Lipinski definition) is 5. The molecule has 1 heterocycles. The number of nitrogens with one attached hydrogen (secondary N) is 2. The van der Waals surface area contributed by atoms with Crippen LogP contribution in [0.3, 0.4) is 0 Å².